The van der Waals surface area contributed by atoms with Gasteiger partial charge < -0.3 is 4.74 Å². The first-order valence-corrected chi connectivity index (χ1v) is 6.48. The molecule has 0 aliphatic rings. The van der Waals surface area contributed by atoms with Crippen molar-refractivity contribution in [3.05, 3.63) is 0 Å². The zero-order valence-electron chi connectivity index (χ0n) is 10.3. The highest BCUT2D eigenvalue weighted by atomic mass is 79.9. The Morgan fingerprint density at radius 1 is 1.29 bits per heavy atom. The molecule has 1 nitrogen and oxygen atoms in total. The van der Waals surface area contributed by atoms with Gasteiger partial charge in [-0.25, -0.2) is 0 Å². The van der Waals surface area contributed by atoms with E-state index in [-0.39, 0.29) is 5.60 Å². The standard InChI is InChI=1S/C12H25BrO/c1-10(2)9-11(13)7-6-8-12(3,4)14-5/h10-11H,6-9H2,1-5H3. The highest BCUT2D eigenvalue weighted by Gasteiger charge is 2.16. The molecular formula is C12H25BrO. The van der Waals surface area contributed by atoms with E-state index in [1.165, 1.54) is 19.3 Å². The minimum atomic E-state index is 0.0462. The summed E-state index contributed by atoms with van der Waals surface area (Å²) in [5.74, 6) is 0.787. The van der Waals surface area contributed by atoms with Gasteiger partial charge in [0, 0.05) is 11.9 Å². The number of alkyl halides is 1. The summed E-state index contributed by atoms with van der Waals surface area (Å²) in [5, 5.41) is 0. The third-order valence-electron chi connectivity index (χ3n) is 2.58. The zero-order chi connectivity index (χ0) is 11.2. The average molecular weight is 265 g/mol. The topological polar surface area (TPSA) is 9.23 Å². The van der Waals surface area contributed by atoms with Crippen LogP contribution in [0.25, 0.3) is 0 Å². The van der Waals surface area contributed by atoms with Crippen LogP contribution in [-0.4, -0.2) is 17.5 Å². The first kappa shape index (κ1) is 14.4. The molecule has 0 N–H and O–H groups in total. The molecule has 0 heterocycles. The van der Waals surface area contributed by atoms with Gasteiger partial charge in [0.1, 0.15) is 0 Å². The second kappa shape index (κ2) is 6.84. The summed E-state index contributed by atoms with van der Waals surface area (Å²) in [7, 11) is 1.79. The van der Waals surface area contributed by atoms with Crippen LogP contribution in [-0.2, 0) is 4.74 Å². The largest absolute Gasteiger partial charge is 0.379 e. The van der Waals surface area contributed by atoms with Crippen molar-refractivity contribution in [2.75, 3.05) is 7.11 Å². The second-order valence-corrected chi connectivity index (χ2v) is 6.38. The highest BCUT2D eigenvalue weighted by molar-refractivity contribution is 9.09. The summed E-state index contributed by atoms with van der Waals surface area (Å²) < 4.78 is 5.39. The Morgan fingerprint density at radius 2 is 1.86 bits per heavy atom. The molecule has 0 aliphatic carbocycles. The van der Waals surface area contributed by atoms with Crippen molar-refractivity contribution >= 4 is 15.9 Å². The van der Waals surface area contributed by atoms with Crippen LogP contribution in [0.4, 0.5) is 0 Å². The summed E-state index contributed by atoms with van der Waals surface area (Å²) in [6.07, 6.45) is 4.91. The SMILES string of the molecule is COC(C)(C)CCCC(Br)CC(C)C. The summed E-state index contributed by atoms with van der Waals surface area (Å²) in [5.41, 5.74) is 0.0462. The van der Waals surface area contributed by atoms with E-state index in [1.807, 2.05) is 0 Å². The van der Waals surface area contributed by atoms with Crippen molar-refractivity contribution in [2.24, 2.45) is 5.92 Å². The van der Waals surface area contributed by atoms with E-state index in [4.69, 9.17) is 4.74 Å². The first-order valence-electron chi connectivity index (χ1n) is 5.56. The lowest BCUT2D eigenvalue weighted by atomic mass is 9.98. The molecule has 14 heavy (non-hydrogen) atoms. The van der Waals surface area contributed by atoms with Crippen LogP contribution in [0.2, 0.25) is 0 Å². The van der Waals surface area contributed by atoms with E-state index in [0.717, 1.165) is 12.3 Å². The summed E-state index contributed by atoms with van der Waals surface area (Å²) in [6, 6.07) is 0. The fourth-order valence-electron chi connectivity index (χ4n) is 1.48. The molecule has 0 bridgehead atoms. The molecule has 0 aromatic rings. The lowest BCUT2D eigenvalue weighted by molar-refractivity contribution is 0.0135. The van der Waals surface area contributed by atoms with E-state index in [2.05, 4.69) is 43.6 Å². The Labute approximate surface area is 97.7 Å². The molecule has 1 atom stereocenters. The quantitative estimate of drug-likeness (QED) is 0.620. The molecule has 0 spiro atoms. The van der Waals surface area contributed by atoms with Crippen LogP contribution < -0.4 is 0 Å². The normalized spacial score (nSPS) is 14.8. The molecule has 0 saturated carbocycles. The van der Waals surface area contributed by atoms with Gasteiger partial charge in [-0.1, -0.05) is 29.8 Å². The molecule has 0 radical (unpaired) electrons. The molecule has 0 amide bonds. The van der Waals surface area contributed by atoms with Crippen molar-refractivity contribution < 1.29 is 4.74 Å². The Hall–Kier alpha value is 0.440. The maximum absolute atomic E-state index is 5.39. The smallest absolute Gasteiger partial charge is 0.0622 e. The summed E-state index contributed by atoms with van der Waals surface area (Å²) >= 11 is 3.73. The van der Waals surface area contributed by atoms with Crippen LogP contribution in [0.15, 0.2) is 0 Å². The van der Waals surface area contributed by atoms with Gasteiger partial charge in [-0.3, -0.25) is 0 Å². The lowest BCUT2D eigenvalue weighted by Gasteiger charge is -2.23. The van der Waals surface area contributed by atoms with Gasteiger partial charge in [0.15, 0.2) is 0 Å². The first-order chi connectivity index (χ1) is 6.37. The fourth-order valence-corrected chi connectivity index (χ4v) is 2.55. The monoisotopic (exact) mass is 264 g/mol. The van der Waals surface area contributed by atoms with E-state index in [1.54, 1.807) is 7.11 Å². The van der Waals surface area contributed by atoms with Crippen LogP contribution in [0, 0.1) is 5.92 Å². The zero-order valence-corrected chi connectivity index (χ0v) is 11.9. The van der Waals surface area contributed by atoms with E-state index in [0.29, 0.717) is 4.83 Å². The van der Waals surface area contributed by atoms with Crippen LogP contribution in [0.3, 0.4) is 0 Å². The average Bonchev–Trinajstić information content (AvgIpc) is 2.02. The predicted molar refractivity (Wildman–Crippen MR) is 67.1 cm³/mol. The van der Waals surface area contributed by atoms with Gasteiger partial charge >= 0.3 is 0 Å². The summed E-state index contributed by atoms with van der Waals surface area (Å²) in [4.78, 5) is 0.676. The molecule has 0 aromatic heterocycles. The van der Waals surface area contributed by atoms with Gasteiger partial charge in [0.2, 0.25) is 0 Å². The maximum Gasteiger partial charge on any atom is 0.0622 e. The van der Waals surface area contributed by atoms with Gasteiger partial charge in [-0.15, -0.1) is 0 Å². The van der Waals surface area contributed by atoms with Crippen molar-refractivity contribution in [1.29, 1.82) is 0 Å². The molecule has 2 heteroatoms. The van der Waals surface area contributed by atoms with Crippen molar-refractivity contribution in [1.82, 2.24) is 0 Å². The molecule has 0 aromatic carbocycles. The van der Waals surface area contributed by atoms with Crippen LogP contribution in [0.1, 0.15) is 53.4 Å². The molecular weight excluding hydrogens is 240 g/mol. The number of hydrogen-bond acceptors (Lipinski definition) is 1. The van der Waals surface area contributed by atoms with Crippen molar-refractivity contribution in [2.45, 2.75) is 63.8 Å². The molecule has 0 aliphatic heterocycles. The number of hydrogen-bond donors (Lipinski definition) is 0. The highest BCUT2D eigenvalue weighted by Crippen LogP contribution is 2.22. The predicted octanol–water partition coefficient (Wildman–Crippen LogP) is 4.39. The van der Waals surface area contributed by atoms with E-state index in [9.17, 15) is 0 Å². The number of halogens is 1. The third kappa shape index (κ3) is 7.81. The van der Waals surface area contributed by atoms with Crippen molar-refractivity contribution in [3.63, 3.8) is 0 Å². The number of rotatable bonds is 7. The molecule has 0 saturated heterocycles. The Morgan fingerprint density at radius 3 is 2.29 bits per heavy atom. The van der Waals surface area contributed by atoms with Crippen molar-refractivity contribution in [3.8, 4) is 0 Å². The summed E-state index contributed by atoms with van der Waals surface area (Å²) in [6.45, 7) is 8.85. The minimum Gasteiger partial charge on any atom is -0.379 e. The van der Waals surface area contributed by atoms with E-state index >= 15 is 0 Å². The molecule has 0 rings (SSSR count). The van der Waals surface area contributed by atoms with Gasteiger partial charge in [-0.2, -0.15) is 0 Å². The minimum absolute atomic E-state index is 0.0462. The Balaban J connectivity index is 3.53. The van der Waals surface area contributed by atoms with Gasteiger partial charge in [-0.05, 0) is 45.4 Å². The van der Waals surface area contributed by atoms with Gasteiger partial charge in [0.25, 0.3) is 0 Å². The molecule has 86 valence electrons. The lowest BCUT2D eigenvalue weighted by Crippen LogP contribution is -2.22. The second-order valence-electron chi connectivity index (χ2n) is 5.08. The molecule has 1 unspecified atom stereocenters. The molecule has 0 fully saturated rings. The van der Waals surface area contributed by atoms with Crippen LogP contribution >= 0.6 is 15.9 Å². The van der Waals surface area contributed by atoms with E-state index < -0.39 is 0 Å². The number of methoxy groups -OCH3 is 1. The number of ether oxygens (including phenoxy) is 1. The fraction of sp³-hybridized carbons (Fsp3) is 1.00. The van der Waals surface area contributed by atoms with Crippen LogP contribution in [0.5, 0.6) is 0 Å². The third-order valence-corrected chi connectivity index (χ3v) is 3.41. The Bertz CT molecular complexity index is 143. The Kier molecular flexibility index (Phi) is 7.05. The maximum atomic E-state index is 5.39. The van der Waals surface area contributed by atoms with Gasteiger partial charge in [0.05, 0.1) is 5.60 Å².